The van der Waals surface area contributed by atoms with Crippen LogP contribution in [0, 0.1) is 0 Å². The predicted molar refractivity (Wildman–Crippen MR) is 50.4 cm³/mol. The second-order valence-corrected chi connectivity index (χ2v) is 2.63. The Kier molecular flexibility index (Phi) is 6.51. The summed E-state index contributed by atoms with van der Waals surface area (Å²) in [7, 11) is 0. The first-order valence-corrected chi connectivity index (χ1v) is 4.27. The van der Waals surface area contributed by atoms with E-state index in [9.17, 15) is 9.59 Å². The zero-order chi connectivity index (χ0) is 10.1. The van der Waals surface area contributed by atoms with E-state index in [1.54, 1.807) is 0 Å². The molecule has 3 nitrogen and oxygen atoms in total. The van der Waals surface area contributed by atoms with E-state index in [0.717, 1.165) is 18.9 Å². The summed E-state index contributed by atoms with van der Waals surface area (Å²) in [5, 5.41) is 8.21. The molecule has 0 aliphatic heterocycles. The summed E-state index contributed by atoms with van der Waals surface area (Å²) in [6, 6.07) is 0. The van der Waals surface area contributed by atoms with Crippen LogP contribution in [0.1, 0.15) is 26.2 Å². The number of rotatable bonds is 6. The van der Waals surface area contributed by atoms with Gasteiger partial charge in [-0.05, 0) is 12.5 Å². The van der Waals surface area contributed by atoms with Crippen LogP contribution < -0.4 is 0 Å². The molecule has 0 bridgehead atoms. The van der Waals surface area contributed by atoms with E-state index >= 15 is 0 Å². The van der Waals surface area contributed by atoms with Crippen LogP contribution in [0.2, 0.25) is 0 Å². The number of carboxylic acids is 1. The lowest BCUT2D eigenvalue weighted by Crippen LogP contribution is -1.90. The molecule has 0 radical (unpaired) electrons. The molecule has 0 rings (SSSR count). The molecular formula is C10H14O3. The highest BCUT2D eigenvalue weighted by atomic mass is 16.4. The van der Waals surface area contributed by atoms with Gasteiger partial charge in [0.15, 0.2) is 5.78 Å². The molecule has 0 atom stereocenters. The summed E-state index contributed by atoms with van der Waals surface area (Å²) in [4.78, 5) is 21.0. The second kappa shape index (κ2) is 7.28. The van der Waals surface area contributed by atoms with Crippen molar-refractivity contribution in [2.24, 2.45) is 0 Å². The lowest BCUT2D eigenvalue weighted by atomic mass is 10.2. The average Bonchev–Trinajstić information content (AvgIpc) is 2.08. The van der Waals surface area contributed by atoms with Crippen LogP contribution in [-0.2, 0) is 9.59 Å². The molecule has 0 aliphatic rings. The normalized spacial score (nSPS) is 11.2. The molecule has 1 N–H and O–H groups in total. The van der Waals surface area contributed by atoms with Gasteiger partial charge in [-0.15, -0.1) is 0 Å². The molecule has 0 aliphatic carbocycles. The SMILES string of the molecule is CCCCC(=O)/C=C/C=C/C(=O)O. The molecule has 72 valence electrons. The number of unbranched alkanes of at least 4 members (excludes halogenated alkanes) is 1. The van der Waals surface area contributed by atoms with Crippen LogP contribution in [0.25, 0.3) is 0 Å². The van der Waals surface area contributed by atoms with Crippen molar-refractivity contribution in [2.45, 2.75) is 26.2 Å². The molecule has 13 heavy (non-hydrogen) atoms. The van der Waals surface area contributed by atoms with Crippen LogP contribution in [0.15, 0.2) is 24.3 Å². The van der Waals surface area contributed by atoms with Gasteiger partial charge in [0.1, 0.15) is 0 Å². The van der Waals surface area contributed by atoms with Crippen molar-refractivity contribution < 1.29 is 14.7 Å². The van der Waals surface area contributed by atoms with Gasteiger partial charge in [-0.25, -0.2) is 4.79 Å². The lowest BCUT2D eigenvalue weighted by Gasteiger charge is -1.89. The highest BCUT2D eigenvalue weighted by Gasteiger charge is 1.92. The minimum atomic E-state index is -1.01. The van der Waals surface area contributed by atoms with Gasteiger partial charge < -0.3 is 5.11 Å². The van der Waals surface area contributed by atoms with Crippen LogP contribution in [-0.4, -0.2) is 16.9 Å². The number of carbonyl (C=O) groups excluding carboxylic acids is 1. The fourth-order valence-electron chi connectivity index (χ4n) is 0.735. The lowest BCUT2D eigenvalue weighted by molar-refractivity contribution is -0.131. The minimum Gasteiger partial charge on any atom is -0.478 e. The Morgan fingerprint density at radius 1 is 1.23 bits per heavy atom. The van der Waals surface area contributed by atoms with Gasteiger partial charge in [0.25, 0.3) is 0 Å². The Labute approximate surface area is 77.8 Å². The molecule has 0 aromatic rings. The summed E-state index contributed by atoms with van der Waals surface area (Å²) < 4.78 is 0. The van der Waals surface area contributed by atoms with Gasteiger partial charge in [-0.3, -0.25) is 4.79 Å². The number of carboxylic acid groups (broad SMARTS) is 1. The van der Waals surface area contributed by atoms with E-state index in [-0.39, 0.29) is 5.78 Å². The maximum absolute atomic E-state index is 11.0. The largest absolute Gasteiger partial charge is 0.478 e. The topological polar surface area (TPSA) is 54.4 Å². The molecular weight excluding hydrogens is 168 g/mol. The van der Waals surface area contributed by atoms with Crippen molar-refractivity contribution in [3.8, 4) is 0 Å². The molecule has 3 heteroatoms. The number of ketones is 1. The van der Waals surface area contributed by atoms with E-state index in [0.29, 0.717) is 6.42 Å². The highest BCUT2D eigenvalue weighted by molar-refractivity contribution is 5.90. The third-order valence-corrected chi connectivity index (χ3v) is 1.41. The maximum Gasteiger partial charge on any atom is 0.328 e. The number of hydrogen-bond acceptors (Lipinski definition) is 2. The van der Waals surface area contributed by atoms with E-state index < -0.39 is 5.97 Å². The van der Waals surface area contributed by atoms with Crippen molar-refractivity contribution in [1.29, 1.82) is 0 Å². The van der Waals surface area contributed by atoms with E-state index in [4.69, 9.17) is 5.11 Å². The third kappa shape index (κ3) is 8.53. The molecule has 0 saturated heterocycles. The Morgan fingerprint density at radius 3 is 2.38 bits per heavy atom. The fraction of sp³-hybridized carbons (Fsp3) is 0.400. The first-order chi connectivity index (χ1) is 6.16. The average molecular weight is 182 g/mol. The number of hydrogen-bond donors (Lipinski definition) is 1. The van der Waals surface area contributed by atoms with Crippen molar-refractivity contribution in [2.75, 3.05) is 0 Å². The number of aliphatic carboxylic acids is 1. The number of allylic oxidation sites excluding steroid dienone is 3. The number of carbonyl (C=O) groups is 2. The van der Waals surface area contributed by atoms with Crippen molar-refractivity contribution >= 4 is 11.8 Å². The molecule has 0 heterocycles. The van der Waals surface area contributed by atoms with E-state index in [1.165, 1.54) is 18.2 Å². The molecule has 0 amide bonds. The van der Waals surface area contributed by atoms with E-state index in [2.05, 4.69) is 0 Å². The molecule has 0 unspecified atom stereocenters. The fourth-order valence-corrected chi connectivity index (χ4v) is 0.735. The van der Waals surface area contributed by atoms with Crippen molar-refractivity contribution in [1.82, 2.24) is 0 Å². The summed E-state index contributed by atoms with van der Waals surface area (Å²) >= 11 is 0. The summed E-state index contributed by atoms with van der Waals surface area (Å²) in [6.07, 6.45) is 7.58. The smallest absolute Gasteiger partial charge is 0.328 e. The first kappa shape index (κ1) is 11.6. The van der Waals surface area contributed by atoms with Crippen LogP contribution >= 0.6 is 0 Å². The molecule has 0 spiro atoms. The molecule has 0 fully saturated rings. The Balaban J connectivity index is 3.71. The van der Waals surface area contributed by atoms with Crippen LogP contribution in [0.4, 0.5) is 0 Å². The summed E-state index contributed by atoms with van der Waals surface area (Å²) in [5.74, 6) is -0.970. The monoisotopic (exact) mass is 182 g/mol. The second-order valence-electron chi connectivity index (χ2n) is 2.63. The van der Waals surface area contributed by atoms with Gasteiger partial charge in [-0.2, -0.15) is 0 Å². The van der Waals surface area contributed by atoms with Crippen molar-refractivity contribution in [3.05, 3.63) is 24.3 Å². The summed E-state index contributed by atoms with van der Waals surface area (Å²) in [5.41, 5.74) is 0. The Bertz CT molecular complexity index is 226. The van der Waals surface area contributed by atoms with Crippen molar-refractivity contribution in [3.63, 3.8) is 0 Å². The molecule has 0 saturated carbocycles. The molecule has 0 aromatic carbocycles. The quantitative estimate of drug-likeness (QED) is 0.504. The predicted octanol–water partition coefficient (Wildman–Crippen LogP) is 1.94. The standard InChI is InChI=1S/C10H14O3/c1-2-3-6-9(11)7-4-5-8-10(12)13/h4-5,7-8H,2-3,6H2,1H3,(H,12,13)/b7-4+,8-5+. The first-order valence-electron chi connectivity index (χ1n) is 4.27. The Morgan fingerprint density at radius 2 is 1.85 bits per heavy atom. The summed E-state index contributed by atoms with van der Waals surface area (Å²) in [6.45, 7) is 2.02. The van der Waals surface area contributed by atoms with Gasteiger partial charge in [0, 0.05) is 12.5 Å². The van der Waals surface area contributed by atoms with Gasteiger partial charge in [-0.1, -0.05) is 25.5 Å². The maximum atomic E-state index is 11.0. The Hall–Kier alpha value is -1.38. The van der Waals surface area contributed by atoms with Gasteiger partial charge >= 0.3 is 5.97 Å². The third-order valence-electron chi connectivity index (χ3n) is 1.41. The van der Waals surface area contributed by atoms with Gasteiger partial charge in [0.2, 0.25) is 0 Å². The zero-order valence-electron chi connectivity index (χ0n) is 7.69. The highest BCUT2D eigenvalue weighted by Crippen LogP contribution is 1.96. The van der Waals surface area contributed by atoms with E-state index in [1.807, 2.05) is 6.92 Å². The zero-order valence-corrected chi connectivity index (χ0v) is 7.69. The molecule has 0 aromatic heterocycles. The minimum absolute atomic E-state index is 0.0388. The van der Waals surface area contributed by atoms with Gasteiger partial charge in [0.05, 0.1) is 0 Å². The van der Waals surface area contributed by atoms with Crippen LogP contribution in [0.3, 0.4) is 0 Å². The van der Waals surface area contributed by atoms with Crippen LogP contribution in [0.5, 0.6) is 0 Å².